The molecule has 13 heavy (non-hydrogen) atoms. The van der Waals surface area contributed by atoms with Crippen molar-refractivity contribution in [3.05, 3.63) is 31.9 Å². The predicted octanol–water partition coefficient (Wildman–Crippen LogP) is 2.96. The zero-order valence-corrected chi connectivity index (χ0v) is 9.72. The van der Waals surface area contributed by atoms with Crippen LogP contribution in [0.3, 0.4) is 0 Å². The highest BCUT2D eigenvalue weighted by molar-refractivity contribution is 14.1. The molecule has 0 radical (unpaired) electrons. The molecule has 0 aliphatic carbocycles. The fourth-order valence-electron chi connectivity index (χ4n) is 0.949. The van der Waals surface area contributed by atoms with Crippen molar-refractivity contribution >= 4 is 46.3 Å². The SMILES string of the molecule is CC(=O)c1ccc(Cl)c(C=O)c1I. The maximum Gasteiger partial charge on any atom is 0.160 e. The summed E-state index contributed by atoms with van der Waals surface area (Å²) in [6.45, 7) is 1.46. The Hall–Kier alpha value is -0.420. The van der Waals surface area contributed by atoms with Crippen LogP contribution in [0.15, 0.2) is 12.1 Å². The van der Waals surface area contributed by atoms with Gasteiger partial charge in [-0.3, -0.25) is 9.59 Å². The summed E-state index contributed by atoms with van der Waals surface area (Å²) in [5.74, 6) is -0.0656. The number of hydrogen-bond acceptors (Lipinski definition) is 2. The number of ketones is 1. The average Bonchev–Trinajstić information content (AvgIpc) is 2.04. The van der Waals surface area contributed by atoms with Crippen LogP contribution in [-0.4, -0.2) is 12.1 Å². The minimum atomic E-state index is -0.0656. The zero-order valence-electron chi connectivity index (χ0n) is 6.80. The minimum Gasteiger partial charge on any atom is -0.298 e. The van der Waals surface area contributed by atoms with Gasteiger partial charge in [-0.2, -0.15) is 0 Å². The van der Waals surface area contributed by atoms with E-state index in [4.69, 9.17) is 11.6 Å². The highest BCUT2D eigenvalue weighted by atomic mass is 127. The van der Waals surface area contributed by atoms with Crippen molar-refractivity contribution < 1.29 is 9.59 Å². The van der Waals surface area contributed by atoms with Crippen LogP contribution in [0.5, 0.6) is 0 Å². The Bertz CT molecular complexity index is 374. The Kier molecular flexibility index (Phi) is 3.44. The molecule has 0 spiro atoms. The number of hydrogen-bond donors (Lipinski definition) is 0. The van der Waals surface area contributed by atoms with E-state index in [0.717, 1.165) is 0 Å². The number of Topliss-reactive ketones (excluding diaryl/α,β-unsaturated/α-hetero) is 1. The third-order valence-corrected chi connectivity index (χ3v) is 3.12. The lowest BCUT2D eigenvalue weighted by Gasteiger charge is -2.04. The molecule has 0 bridgehead atoms. The molecular weight excluding hydrogens is 302 g/mol. The van der Waals surface area contributed by atoms with Crippen molar-refractivity contribution in [1.29, 1.82) is 0 Å². The van der Waals surface area contributed by atoms with Crippen molar-refractivity contribution in [2.24, 2.45) is 0 Å². The van der Waals surface area contributed by atoms with E-state index in [2.05, 4.69) is 0 Å². The Morgan fingerprint density at radius 2 is 2.15 bits per heavy atom. The Morgan fingerprint density at radius 1 is 1.54 bits per heavy atom. The molecule has 0 aromatic heterocycles. The summed E-state index contributed by atoms with van der Waals surface area (Å²) >= 11 is 7.70. The van der Waals surface area contributed by atoms with Gasteiger partial charge in [-0.25, -0.2) is 0 Å². The molecule has 0 unspecified atom stereocenters. The highest BCUT2D eigenvalue weighted by Gasteiger charge is 2.11. The van der Waals surface area contributed by atoms with Crippen LogP contribution in [0.4, 0.5) is 0 Å². The van der Waals surface area contributed by atoms with Gasteiger partial charge in [0.15, 0.2) is 12.1 Å². The third kappa shape index (κ3) is 2.08. The summed E-state index contributed by atoms with van der Waals surface area (Å²) in [5.41, 5.74) is 0.919. The molecule has 1 aromatic carbocycles. The van der Waals surface area contributed by atoms with Gasteiger partial charge in [0.1, 0.15) is 0 Å². The molecule has 0 heterocycles. The quantitative estimate of drug-likeness (QED) is 0.478. The highest BCUT2D eigenvalue weighted by Crippen LogP contribution is 2.23. The largest absolute Gasteiger partial charge is 0.298 e. The molecule has 0 amide bonds. The van der Waals surface area contributed by atoms with Gasteiger partial charge >= 0.3 is 0 Å². The van der Waals surface area contributed by atoms with E-state index in [1.54, 1.807) is 12.1 Å². The molecule has 0 aliphatic heterocycles. The summed E-state index contributed by atoms with van der Waals surface area (Å²) in [7, 11) is 0. The van der Waals surface area contributed by atoms with E-state index >= 15 is 0 Å². The van der Waals surface area contributed by atoms with Gasteiger partial charge in [-0.1, -0.05) is 11.6 Å². The molecule has 2 nitrogen and oxygen atoms in total. The van der Waals surface area contributed by atoms with Gasteiger partial charge in [0.2, 0.25) is 0 Å². The molecule has 1 aromatic rings. The van der Waals surface area contributed by atoms with E-state index in [1.165, 1.54) is 6.92 Å². The summed E-state index contributed by atoms with van der Waals surface area (Å²) in [6.07, 6.45) is 0.663. The molecule has 0 saturated heterocycles. The molecule has 0 fully saturated rings. The summed E-state index contributed by atoms with van der Waals surface area (Å²) in [6, 6.07) is 3.18. The zero-order chi connectivity index (χ0) is 10.0. The van der Waals surface area contributed by atoms with Crippen LogP contribution in [0.25, 0.3) is 0 Å². The van der Waals surface area contributed by atoms with E-state index in [1.807, 2.05) is 22.6 Å². The van der Waals surface area contributed by atoms with Crippen LogP contribution in [0, 0.1) is 3.57 Å². The standard InChI is InChI=1S/C9H6ClIO2/c1-5(13)6-2-3-8(10)7(4-12)9(6)11/h2-4H,1H3. The van der Waals surface area contributed by atoms with Crippen molar-refractivity contribution in [1.82, 2.24) is 0 Å². The summed E-state index contributed by atoms with van der Waals surface area (Å²) in [4.78, 5) is 21.7. The minimum absolute atomic E-state index is 0.0656. The number of aldehydes is 1. The van der Waals surface area contributed by atoms with Crippen LogP contribution in [0.2, 0.25) is 5.02 Å². The van der Waals surface area contributed by atoms with Crippen LogP contribution in [0.1, 0.15) is 27.6 Å². The molecule has 4 heteroatoms. The Morgan fingerprint density at radius 3 is 2.62 bits per heavy atom. The topological polar surface area (TPSA) is 34.1 Å². The van der Waals surface area contributed by atoms with Crippen molar-refractivity contribution in [3.8, 4) is 0 Å². The van der Waals surface area contributed by atoms with Crippen molar-refractivity contribution in [2.75, 3.05) is 0 Å². The van der Waals surface area contributed by atoms with Crippen LogP contribution >= 0.6 is 34.2 Å². The third-order valence-electron chi connectivity index (χ3n) is 1.62. The molecule has 0 N–H and O–H groups in total. The van der Waals surface area contributed by atoms with Gasteiger partial charge in [0.25, 0.3) is 0 Å². The fourth-order valence-corrected chi connectivity index (χ4v) is 2.29. The van der Waals surface area contributed by atoms with Crippen molar-refractivity contribution in [2.45, 2.75) is 6.92 Å². The maximum absolute atomic E-state index is 11.1. The summed E-state index contributed by atoms with van der Waals surface area (Å²) in [5, 5.41) is 0.379. The van der Waals surface area contributed by atoms with E-state index < -0.39 is 0 Å². The van der Waals surface area contributed by atoms with Crippen LogP contribution < -0.4 is 0 Å². The van der Waals surface area contributed by atoms with Gasteiger partial charge in [0.05, 0.1) is 5.02 Å². The first kappa shape index (κ1) is 10.7. The lowest BCUT2D eigenvalue weighted by Crippen LogP contribution is -2.00. The smallest absolute Gasteiger partial charge is 0.160 e. The average molecular weight is 309 g/mol. The lowest BCUT2D eigenvalue weighted by atomic mass is 10.1. The van der Waals surface area contributed by atoms with E-state index in [0.29, 0.717) is 26.0 Å². The number of benzene rings is 1. The lowest BCUT2D eigenvalue weighted by molar-refractivity contribution is 0.101. The van der Waals surface area contributed by atoms with Gasteiger partial charge in [0, 0.05) is 14.7 Å². The van der Waals surface area contributed by atoms with E-state index in [-0.39, 0.29) is 5.78 Å². The first-order valence-corrected chi connectivity index (χ1v) is 4.97. The Labute approximate surface area is 94.4 Å². The molecule has 1 rings (SSSR count). The normalized spacial score (nSPS) is 9.77. The second kappa shape index (κ2) is 4.19. The number of carbonyl (C=O) groups excluding carboxylic acids is 2. The van der Waals surface area contributed by atoms with Gasteiger partial charge in [-0.15, -0.1) is 0 Å². The van der Waals surface area contributed by atoms with Crippen molar-refractivity contribution in [3.63, 3.8) is 0 Å². The number of rotatable bonds is 2. The van der Waals surface area contributed by atoms with Gasteiger partial charge in [-0.05, 0) is 41.6 Å². The first-order chi connectivity index (χ1) is 6.07. The second-order valence-corrected chi connectivity index (χ2v) is 3.98. The molecular formula is C9H6ClIO2. The maximum atomic E-state index is 11.1. The molecule has 0 atom stereocenters. The van der Waals surface area contributed by atoms with Crippen LogP contribution in [-0.2, 0) is 0 Å². The molecule has 68 valence electrons. The Balaban J connectivity index is 3.44. The predicted molar refractivity (Wildman–Crippen MR) is 59.6 cm³/mol. The molecule has 0 saturated carbocycles. The number of halogens is 2. The first-order valence-electron chi connectivity index (χ1n) is 3.52. The van der Waals surface area contributed by atoms with E-state index in [9.17, 15) is 9.59 Å². The summed E-state index contributed by atoms with van der Waals surface area (Å²) < 4.78 is 0.618. The second-order valence-electron chi connectivity index (χ2n) is 2.50. The fraction of sp³-hybridized carbons (Fsp3) is 0.111. The monoisotopic (exact) mass is 308 g/mol. The molecule has 0 aliphatic rings. The number of carbonyl (C=O) groups is 2. The van der Waals surface area contributed by atoms with Gasteiger partial charge < -0.3 is 0 Å².